The van der Waals surface area contributed by atoms with Crippen molar-refractivity contribution in [2.24, 2.45) is 0 Å². The molecule has 0 aliphatic carbocycles. The van der Waals surface area contributed by atoms with Gasteiger partial charge in [0.05, 0.1) is 11.9 Å². The van der Waals surface area contributed by atoms with E-state index in [0.29, 0.717) is 30.3 Å². The van der Waals surface area contributed by atoms with Gasteiger partial charge in [-0.2, -0.15) is 5.10 Å². The van der Waals surface area contributed by atoms with E-state index < -0.39 is 5.60 Å². The summed E-state index contributed by atoms with van der Waals surface area (Å²) in [5, 5.41) is 8.30. The summed E-state index contributed by atoms with van der Waals surface area (Å²) in [5.74, 6) is 0.322. The lowest BCUT2D eigenvalue weighted by Crippen LogP contribution is -2.41. The van der Waals surface area contributed by atoms with Gasteiger partial charge in [0.25, 0.3) is 0 Å². The maximum Gasteiger partial charge on any atom is 0.410 e. The van der Waals surface area contributed by atoms with Crippen LogP contribution >= 0.6 is 0 Å². The number of likely N-dealkylation sites (tertiary alicyclic amines) is 1. The molecule has 0 bridgehead atoms. The predicted molar refractivity (Wildman–Crippen MR) is 88.1 cm³/mol. The molecular formula is C16H23N5O2. The minimum Gasteiger partial charge on any atom is -0.444 e. The van der Waals surface area contributed by atoms with Gasteiger partial charge in [-0.25, -0.2) is 9.78 Å². The van der Waals surface area contributed by atoms with Gasteiger partial charge in [0.2, 0.25) is 0 Å². The lowest BCUT2D eigenvalue weighted by Gasteiger charge is -2.33. The summed E-state index contributed by atoms with van der Waals surface area (Å²) in [5.41, 5.74) is 7.74. The second-order valence-corrected chi connectivity index (χ2v) is 7.02. The second kappa shape index (κ2) is 5.72. The molecule has 0 atom stereocenters. The number of pyridine rings is 1. The average Bonchev–Trinajstić information content (AvgIpc) is 2.88. The van der Waals surface area contributed by atoms with Gasteiger partial charge in [-0.15, -0.1) is 0 Å². The van der Waals surface area contributed by atoms with Crippen LogP contribution in [0.25, 0.3) is 11.0 Å². The van der Waals surface area contributed by atoms with Gasteiger partial charge >= 0.3 is 6.09 Å². The number of piperidine rings is 1. The number of aromatic nitrogens is 3. The van der Waals surface area contributed by atoms with Crippen molar-refractivity contribution in [2.45, 2.75) is 45.1 Å². The first-order valence-corrected chi connectivity index (χ1v) is 7.91. The van der Waals surface area contributed by atoms with Crippen molar-refractivity contribution in [1.29, 1.82) is 0 Å². The van der Waals surface area contributed by atoms with E-state index in [1.165, 1.54) is 0 Å². The van der Waals surface area contributed by atoms with E-state index in [0.717, 1.165) is 23.9 Å². The summed E-state index contributed by atoms with van der Waals surface area (Å²) in [4.78, 5) is 18.1. The number of rotatable bonds is 1. The molecule has 3 heterocycles. The SMILES string of the molecule is CC(C)(C)OC(=O)N1CCC(c2[nH]nc3ncc(N)cc23)CC1. The lowest BCUT2D eigenvalue weighted by molar-refractivity contribution is 0.0204. The molecule has 23 heavy (non-hydrogen) atoms. The van der Waals surface area contributed by atoms with Crippen LogP contribution in [0.3, 0.4) is 0 Å². The molecule has 0 aromatic carbocycles. The number of carbonyl (C=O) groups excluding carboxylic acids is 1. The molecular weight excluding hydrogens is 294 g/mol. The Bertz CT molecular complexity index is 711. The fourth-order valence-corrected chi connectivity index (χ4v) is 2.92. The summed E-state index contributed by atoms with van der Waals surface area (Å²) in [6.45, 7) is 7.00. The molecule has 3 rings (SSSR count). The van der Waals surface area contributed by atoms with Gasteiger partial charge in [0.15, 0.2) is 5.65 Å². The molecule has 1 saturated heterocycles. The highest BCUT2D eigenvalue weighted by atomic mass is 16.6. The number of hydrogen-bond donors (Lipinski definition) is 2. The summed E-state index contributed by atoms with van der Waals surface area (Å²) in [6.07, 6.45) is 3.10. The molecule has 2 aromatic rings. The fraction of sp³-hybridized carbons (Fsp3) is 0.562. The molecule has 7 nitrogen and oxygen atoms in total. The third-order valence-corrected chi connectivity index (χ3v) is 4.02. The minimum atomic E-state index is -0.462. The maximum atomic E-state index is 12.1. The topological polar surface area (TPSA) is 97.1 Å². The molecule has 0 unspecified atom stereocenters. The van der Waals surface area contributed by atoms with Crippen LogP contribution in [0.1, 0.15) is 45.2 Å². The molecule has 1 aliphatic heterocycles. The summed E-state index contributed by atoms with van der Waals surface area (Å²) in [6, 6.07) is 1.90. The van der Waals surface area contributed by atoms with Gasteiger partial charge in [-0.3, -0.25) is 5.10 Å². The third kappa shape index (κ3) is 3.38. The molecule has 7 heteroatoms. The molecule has 1 amide bonds. The number of ether oxygens (including phenoxy) is 1. The van der Waals surface area contributed by atoms with Crippen molar-refractivity contribution < 1.29 is 9.53 Å². The first-order valence-electron chi connectivity index (χ1n) is 7.91. The van der Waals surface area contributed by atoms with Gasteiger partial charge in [-0.1, -0.05) is 0 Å². The van der Waals surface area contributed by atoms with E-state index in [4.69, 9.17) is 10.5 Å². The zero-order chi connectivity index (χ0) is 16.6. The number of aromatic amines is 1. The Kier molecular flexibility index (Phi) is 3.87. The highest BCUT2D eigenvalue weighted by Crippen LogP contribution is 2.32. The van der Waals surface area contributed by atoms with Crippen LogP contribution < -0.4 is 5.73 Å². The molecule has 124 valence electrons. The smallest absolute Gasteiger partial charge is 0.410 e. The van der Waals surface area contributed by atoms with Crippen LogP contribution in [0.2, 0.25) is 0 Å². The number of amides is 1. The van der Waals surface area contributed by atoms with Crippen molar-refractivity contribution in [2.75, 3.05) is 18.8 Å². The van der Waals surface area contributed by atoms with Crippen LogP contribution in [0.4, 0.5) is 10.5 Å². The van der Waals surface area contributed by atoms with Gasteiger partial charge in [0, 0.05) is 30.1 Å². The van der Waals surface area contributed by atoms with E-state index in [2.05, 4.69) is 15.2 Å². The van der Waals surface area contributed by atoms with Crippen molar-refractivity contribution >= 4 is 22.8 Å². The van der Waals surface area contributed by atoms with Gasteiger partial charge in [-0.05, 0) is 39.7 Å². The van der Waals surface area contributed by atoms with Gasteiger partial charge in [0.1, 0.15) is 5.60 Å². The quantitative estimate of drug-likeness (QED) is 0.842. The fourth-order valence-electron chi connectivity index (χ4n) is 2.92. The van der Waals surface area contributed by atoms with E-state index in [1.807, 2.05) is 26.8 Å². The number of nitrogens with zero attached hydrogens (tertiary/aromatic N) is 3. The van der Waals surface area contributed by atoms with Gasteiger partial charge < -0.3 is 15.4 Å². The molecule has 1 fully saturated rings. The maximum absolute atomic E-state index is 12.1. The molecule has 2 aromatic heterocycles. The second-order valence-electron chi connectivity index (χ2n) is 7.02. The molecule has 0 spiro atoms. The largest absolute Gasteiger partial charge is 0.444 e. The zero-order valence-electron chi connectivity index (χ0n) is 13.8. The average molecular weight is 317 g/mol. The number of fused-ring (bicyclic) bond motifs is 1. The van der Waals surface area contributed by atoms with Crippen LogP contribution in [-0.2, 0) is 4.74 Å². The number of anilines is 1. The minimum absolute atomic E-state index is 0.240. The van der Waals surface area contributed by atoms with Crippen LogP contribution in [0.5, 0.6) is 0 Å². The van der Waals surface area contributed by atoms with Crippen molar-refractivity contribution in [3.8, 4) is 0 Å². The molecule has 0 radical (unpaired) electrons. The highest BCUT2D eigenvalue weighted by Gasteiger charge is 2.29. The van der Waals surface area contributed by atoms with Crippen molar-refractivity contribution in [3.05, 3.63) is 18.0 Å². The third-order valence-electron chi connectivity index (χ3n) is 4.02. The Labute approximate surface area is 135 Å². The monoisotopic (exact) mass is 317 g/mol. The van der Waals surface area contributed by atoms with E-state index in [-0.39, 0.29) is 6.09 Å². The number of carbonyl (C=O) groups is 1. The first kappa shape index (κ1) is 15.6. The van der Waals surface area contributed by atoms with E-state index in [1.54, 1.807) is 11.1 Å². The Hall–Kier alpha value is -2.31. The molecule has 3 N–H and O–H groups in total. The number of nitrogen functional groups attached to an aromatic ring is 1. The van der Waals surface area contributed by atoms with Crippen LogP contribution in [-0.4, -0.2) is 44.9 Å². The Morgan fingerprint density at radius 1 is 1.39 bits per heavy atom. The molecule has 0 saturated carbocycles. The molecule has 1 aliphatic rings. The normalized spacial score (nSPS) is 16.7. The standard InChI is InChI=1S/C16H23N5O2/c1-16(2,3)23-15(22)21-6-4-10(5-7-21)13-12-8-11(17)9-18-14(12)20-19-13/h8-10H,4-7,17H2,1-3H3,(H,18,19,20). The number of nitrogens with one attached hydrogen (secondary N) is 1. The number of hydrogen-bond acceptors (Lipinski definition) is 5. The first-order chi connectivity index (χ1) is 10.8. The Morgan fingerprint density at radius 3 is 2.74 bits per heavy atom. The summed E-state index contributed by atoms with van der Waals surface area (Å²) >= 11 is 0. The zero-order valence-corrected chi connectivity index (χ0v) is 13.8. The Balaban J connectivity index is 1.69. The van der Waals surface area contributed by atoms with E-state index >= 15 is 0 Å². The Morgan fingerprint density at radius 2 is 2.09 bits per heavy atom. The van der Waals surface area contributed by atoms with Crippen LogP contribution in [0, 0.1) is 0 Å². The van der Waals surface area contributed by atoms with Crippen molar-refractivity contribution in [3.63, 3.8) is 0 Å². The summed E-state index contributed by atoms with van der Waals surface area (Å²) in [7, 11) is 0. The number of H-pyrrole nitrogens is 1. The van der Waals surface area contributed by atoms with E-state index in [9.17, 15) is 4.79 Å². The van der Waals surface area contributed by atoms with Crippen LogP contribution in [0.15, 0.2) is 12.3 Å². The highest BCUT2D eigenvalue weighted by molar-refractivity contribution is 5.81. The summed E-state index contributed by atoms with van der Waals surface area (Å²) < 4.78 is 5.43. The predicted octanol–water partition coefficient (Wildman–Crippen LogP) is 2.65. The number of nitrogens with two attached hydrogens (primary N) is 1. The lowest BCUT2D eigenvalue weighted by atomic mass is 9.92. The van der Waals surface area contributed by atoms with Crippen molar-refractivity contribution in [1.82, 2.24) is 20.1 Å².